The predicted molar refractivity (Wildman–Crippen MR) is 155 cm³/mol. The van der Waals surface area contributed by atoms with Gasteiger partial charge in [-0.05, 0) is 41.8 Å². The van der Waals surface area contributed by atoms with Crippen molar-refractivity contribution in [2.75, 3.05) is 32.1 Å². The molecule has 39 heavy (non-hydrogen) atoms. The second-order valence-corrected chi connectivity index (χ2v) is 10.7. The number of ether oxygens (including phenoxy) is 1. The molecule has 0 spiro atoms. The normalized spacial score (nSPS) is 18.4. The summed E-state index contributed by atoms with van der Waals surface area (Å²) in [5.74, 6) is -0.318. The van der Waals surface area contributed by atoms with E-state index in [9.17, 15) is 14.7 Å². The lowest BCUT2D eigenvalue weighted by Gasteiger charge is -2.35. The molecular weight excluding hydrogens is 537 g/mol. The van der Waals surface area contributed by atoms with Gasteiger partial charge in [-0.2, -0.15) is 0 Å². The van der Waals surface area contributed by atoms with Crippen molar-refractivity contribution in [3.05, 3.63) is 87.9 Å². The van der Waals surface area contributed by atoms with Crippen molar-refractivity contribution in [2.45, 2.75) is 32.6 Å². The molecular formula is C30H33Cl2N3O4. The Morgan fingerprint density at radius 2 is 1.74 bits per heavy atom. The van der Waals surface area contributed by atoms with Crippen LogP contribution < -0.4 is 5.32 Å². The summed E-state index contributed by atoms with van der Waals surface area (Å²) in [5, 5.41) is 13.4. The fourth-order valence-electron chi connectivity index (χ4n) is 4.72. The summed E-state index contributed by atoms with van der Waals surface area (Å²) < 4.78 is 6.47. The van der Waals surface area contributed by atoms with Crippen molar-refractivity contribution >= 4 is 40.8 Å². The van der Waals surface area contributed by atoms with Crippen LogP contribution in [-0.4, -0.2) is 65.7 Å². The van der Waals surface area contributed by atoms with Crippen molar-refractivity contribution in [1.29, 1.82) is 0 Å². The van der Waals surface area contributed by atoms with Gasteiger partial charge in [0.25, 0.3) is 5.91 Å². The minimum atomic E-state index is -0.411. The average molecular weight is 571 g/mol. The number of carbonyl (C=O) groups is 2. The quantitative estimate of drug-likeness (QED) is 0.384. The first-order valence-electron chi connectivity index (χ1n) is 12.9. The van der Waals surface area contributed by atoms with Crippen LogP contribution >= 0.6 is 23.2 Å². The van der Waals surface area contributed by atoms with Crippen molar-refractivity contribution in [2.24, 2.45) is 5.92 Å². The van der Waals surface area contributed by atoms with Crippen LogP contribution in [0.25, 0.3) is 11.1 Å². The third kappa shape index (κ3) is 6.56. The zero-order valence-corrected chi connectivity index (χ0v) is 23.7. The summed E-state index contributed by atoms with van der Waals surface area (Å²) in [6, 6.07) is 19.6. The van der Waals surface area contributed by atoms with E-state index in [0.717, 1.165) is 16.7 Å². The third-order valence-corrected chi connectivity index (χ3v) is 7.91. The fraction of sp³-hybridized carbons (Fsp3) is 0.333. The second kappa shape index (κ2) is 12.8. The minimum Gasteiger partial charge on any atom is -0.394 e. The highest BCUT2D eigenvalue weighted by Crippen LogP contribution is 2.32. The van der Waals surface area contributed by atoms with Crippen molar-refractivity contribution in [1.82, 2.24) is 9.80 Å². The van der Waals surface area contributed by atoms with Gasteiger partial charge in [0.15, 0.2) is 0 Å². The van der Waals surface area contributed by atoms with E-state index in [-0.39, 0.29) is 36.0 Å². The molecule has 1 heterocycles. The monoisotopic (exact) mass is 569 g/mol. The molecule has 7 nitrogen and oxygen atoms in total. The number of anilines is 1. The van der Waals surface area contributed by atoms with Gasteiger partial charge in [-0.3, -0.25) is 4.79 Å². The summed E-state index contributed by atoms with van der Waals surface area (Å²) in [7, 11) is 1.68. The second-order valence-electron chi connectivity index (χ2n) is 9.93. The molecule has 0 saturated carbocycles. The lowest BCUT2D eigenvalue weighted by molar-refractivity contribution is -0.0178. The Kier molecular flexibility index (Phi) is 9.51. The lowest BCUT2D eigenvalue weighted by atomic mass is 9.94. The van der Waals surface area contributed by atoms with Gasteiger partial charge in [0, 0.05) is 31.6 Å². The van der Waals surface area contributed by atoms with Crippen LogP contribution in [0.1, 0.15) is 29.8 Å². The smallest absolute Gasteiger partial charge is 0.321 e. The molecule has 0 aromatic heterocycles. The number of urea groups is 1. The molecule has 0 bridgehead atoms. The molecule has 0 radical (unpaired) electrons. The average Bonchev–Trinajstić information content (AvgIpc) is 2.96. The Morgan fingerprint density at radius 1 is 1.08 bits per heavy atom. The highest BCUT2D eigenvalue weighted by atomic mass is 35.5. The molecule has 4 rings (SSSR count). The number of hydrogen-bond donors (Lipinski definition) is 2. The largest absolute Gasteiger partial charge is 0.394 e. The summed E-state index contributed by atoms with van der Waals surface area (Å²) in [6.45, 7) is 4.54. The van der Waals surface area contributed by atoms with Gasteiger partial charge in [-0.1, -0.05) is 78.7 Å². The molecule has 0 saturated heterocycles. The van der Waals surface area contributed by atoms with Crippen LogP contribution in [0.15, 0.2) is 66.7 Å². The molecule has 3 aromatic carbocycles. The Bertz CT molecular complexity index is 1340. The van der Waals surface area contributed by atoms with E-state index in [1.165, 1.54) is 4.90 Å². The van der Waals surface area contributed by atoms with Gasteiger partial charge < -0.3 is 25.0 Å². The SMILES string of the molecule is C[C@H](CO)N1C[C@H](C)[C@@H](CN(C)C(=O)Nc2cccc(Cl)c2Cl)OCc2ccccc2-c2ccccc2C1=O. The maximum atomic E-state index is 13.9. The molecule has 1 aliphatic rings. The van der Waals surface area contributed by atoms with E-state index in [4.69, 9.17) is 27.9 Å². The van der Waals surface area contributed by atoms with Crippen LogP contribution in [0.3, 0.4) is 0 Å². The number of fused-ring (bicyclic) bond motifs is 3. The molecule has 3 aromatic rings. The zero-order chi connectivity index (χ0) is 28.1. The maximum absolute atomic E-state index is 13.9. The fourth-order valence-corrected chi connectivity index (χ4v) is 5.06. The van der Waals surface area contributed by atoms with Crippen LogP contribution in [-0.2, 0) is 11.3 Å². The van der Waals surface area contributed by atoms with Crippen molar-refractivity contribution in [3.8, 4) is 11.1 Å². The first-order chi connectivity index (χ1) is 18.7. The molecule has 0 unspecified atom stereocenters. The Labute approximate surface area is 239 Å². The highest BCUT2D eigenvalue weighted by Gasteiger charge is 2.31. The van der Waals surface area contributed by atoms with Crippen molar-refractivity contribution in [3.63, 3.8) is 0 Å². The topological polar surface area (TPSA) is 82.1 Å². The molecule has 3 amide bonds. The van der Waals surface area contributed by atoms with E-state index in [2.05, 4.69) is 5.32 Å². The van der Waals surface area contributed by atoms with E-state index in [1.807, 2.05) is 62.4 Å². The van der Waals surface area contributed by atoms with E-state index >= 15 is 0 Å². The van der Waals surface area contributed by atoms with Crippen LogP contribution in [0.4, 0.5) is 10.5 Å². The Hall–Kier alpha value is -3.10. The summed E-state index contributed by atoms with van der Waals surface area (Å²) >= 11 is 12.4. The van der Waals surface area contributed by atoms with Gasteiger partial charge in [-0.15, -0.1) is 0 Å². The number of rotatable bonds is 5. The molecule has 2 N–H and O–H groups in total. The Morgan fingerprint density at radius 3 is 2.46 bits per heavy atom. The first-order valence-corrected chi connectivity index (χ1v) is 13.6. The number of benzene rings is 3. The van der Waals surface area contributed by atoms with Gasteiger partial charge in [0.05, 0.1) is 41.1 Å². The van der Waals surface area contributed by atoms with E-state index in [1.54, 1.807) is 30.1 Å². The summed E-state index contributed by atoms with van der Waals surface area (Å²) in [4.78, 5) is 30.2. The lowest BCUT2D eigenvalue weighted by Crippen LogP contribution is -2.48. The number of aliphatic hydroxyl groups is 1. The van der Waals surface area contributed by atoms with Crippen LogP contribution in [0, 0.1) is 5.92 Å². The number of carbonyl (C=O) groups excluding carboxylic acids is 2. The number of amides is 3. The highest BCUT2D eigenvalue weighted by molar-refractivity contribution is 6.43. The van der Waals surface area contributed by atoms with Crippen LogP contribution in [0.5, 0.6) is 0 Å². The standard InChI is InChI=1S/C30H33Cl2N3O4/c1-19-15-35(20(2)17-36)29(37)24-12-7-6-11-23(24)22-10-5-4-9-21(22)18-39-27(19)16-34(3)30(38)33-26-14-8-13-25(31)28(26)32/h4-14,19-20,27,36H,15-18H2,1-3H3,(H,33,38)/t19-,20+,27+/m0/s1. The predicted octanol–water partition coefficient (Wildman–Crippen LogP) is 6.18. The summed E-state index contributed by atoms with van der Waals surface area (Å²) in [6.07, 6.45) is -0.411. The van der Waals surface area contributed by atoms with Gasteiger partial charge in [0.1, 0.15) is 0 Å². The first kappa shape index (κ1) is 28.9. The number of likely N-dealkylation sites (N-methyl/N-ethyl adjacent to an activating group) is 1. The molecule has 1 aliphatic heterocycles. The van der Waals surface area contributed by atoms with E-state index in [0.29, 0.717) is 29.4 Å². The number of hydrogen-bond acceptors (Lipinski definition) is 4. The summed E-state index contributed by atoms with van der Waals surface area (Å²) in [5.41, 5.74) is 3.66. The van der Waals surface area contributed by atoms with Gasteiger partial charge in [-0.25, -0.2) is 4.79 Å². The molecule has 9 heteroatoms. The molecule has 3 atom stereocenters. The molecule has 0 aliphatic carbocycles. The Balaban J connectivity index is 1.65. The number of nitrogens with one attached hydrogen (secondary N) is 1. The van der Waals surface area contributed by atoms with E-state index < -0.39 is 12.1 Å². The van der Waals surface area contributed by atoms with Gasteiger partial charge >= 0.3 is 6.03 Å². The maximum Gasteiger partial charge on any atom is 0.321 e. The van der Waals surface area contributed by atoms with Crippen LogP contribution in [0.2, 0.25) is 10.0 Å². The zero-order valence-electron chi connectivity index (χ0n) is 22.2. The van der Waals surface area contributed by atoms with Crippen molar-refractivity contribution < 1.29 is 19.4 Å². The number of halogens is 2. The minimum absolute atomic E-state index is 0.156. The number of nitrogens with zero attached hydrogens (tertiary/aromatic N) is 2. The molecule has 206 valence electrons. The molecule has 0 fully saturated rings. The van der Waals surface area contributed by atoms with Gasteiger partial charge in [0.2, 0.25) is 0 Å². The number of aliphatic hydroxyl groups excluding tert-OH is 1. The third-order valence-electron chi connectivity index (χ3n) is 7.09.